The van der Waals surface area contributed by atoms with Gasteiger partial charge in [-0.1, -0.05) is 6.42 Å². The zero-order chi connectivity index (χ0) is 13.3. The van der Waals surface area contributed by atoms with Gasteiger partial charge >= 0.3 is 0 Å². The standard InChI is InChI=1S/C15H22N2OS/c1-16-14(18)13-3-2-5-15(13)6-7-17(11-15)9-12-4-8-19-10-12/h4,8,10,13H,2-3,5-7,9,11H2,1H3,(H,16,18)/t13-,15-/m0/s1. The Balaban J connectivity index is 1.68. The highest BCUT2D eigenvalue weighted by atomic mass is 32.1. The van der Waals surface area contributed by atoms with E-state index in [4.69, 9.17) is 0 Å². The maximum absolute atomic E-state index is 12.1. The minimum atomic E-state index is 0.241. The van der Waals surface area contributed by atoms with Crippen molar-refractivity contribution in [1.82, 2.24) is 10.2 Å². The minimum absolute atomic E-state index is 0.241. The zero-order valence-electron chi connectivity index (χ0n) is 11.5. The molecule has 1 N–H and O–H groups in total. The van der Waals surface area contributed by atoms with Crippen LogP contribution in [0.3, 0.4) is 0 Å². The van der Waals surface area contributed by atoms with E-state index >= 15 is 0 Å². The third-order valence-electron chi connectivity index (χ3n) is 4.92. The van der Waals surface area contributed by atoms with Crippen molar-refractivity contribution in [3.63, 3.8) is 0 Å². The van der Waals surface area contributed by atoms with Crippen LogP contribution in [0.25, 0.3) is 0 Å². The first-order chi connectivity index (χ1) is 9.23. The zero-order valence-corrected chi connectivity index (χ0v) is 12.3. The molecule has 2 fully saturated rings. The van der Waals surface area contributed by atoms with Crippen LogP contribution in [0.5, 0.6) is 0 Å². The molecule has 4 heteroatoms. The summed E-state index contributed by atoms with van der Waals surface area (Å²) in [6, 6.07) is 2.21. The summed E-state index contributed by atoms with van der Waals surface area (Å²) in [6.45, 7) is 3.29. The molecule has 0 aromatic carbocycles. The van der Waals surface area contributed by atoms with Crippen molar-refractivity contribution in [3.05, 3.63) is 22.4 Å². The molecule has 3 nitrogen and oxygen atoms in total. The predicted octanol–water partition coefficient (Wildman–Crippen LogP) is 2.49. The van der Waals surface area contributed by atoms with Crippen molar-refractivity contribution in [1.29, 1.82) is 0 Å². The number of amides is 1. The summed E-state index contributed by atoms with van der Waals surface area (Å²) >= 11 is 1.76. The van der Waals surface area contributed by atoms with Crippen molar-refractivity contribution in [3.8, 4) is 0 Å². The van der Waals surface area contributed by atoms with E-state index < -0.39 is 0 Å². The summed E-state index contributed by atoms with van der Waals surface area (Å²) in [5.41, 5.74) is 1.67. The molecule has 1 aromatic rings. The molecule has 1 spiro atoms. The van der Waals surface area contributed by atoms with E-state index in [0.29, 0.717) is 0 Å². The van der Waals surface area contributed by atoms with Gasteiger partial charge in [0.2, 0.25) is 5.91 Å². The number of likely N-dealkylation sites (tertiary alicyclic amines) is 1. The van der Waals surface area contributed by atoms with Gasteiger partial charge < -0.3 is 5.32 Å². The van der Waals surface area contributed by atoms with Crippen molar-refractivity contribution in [2.45, 2.75) is 32.2 Å². The highest BCUT2D eigenvalue weighted by molar-refractivity contribution is 7.07. The molecule has 3 rings (SSSR count). The lowest BCUT2D eigenvalue weighted by Crippen LogP contribution is -2.39. The topological polar surface area (TPSA) is 32.3 Å². The Bertz CT molecular complexity index is 445. The van der Waals surface area contributed by atoms with E-state index in [0.717, 1.165) is 26.1 Å². The van der Waals surface area contributed by atoms with Gasteiger partial charge in [-0.15, -0.1) is 0 Å². The molecule has 2 atom stereocenters. The van der Waals surface area contributed by atoms with E-state index in [1.54, 1.807) is 18.4 Å². The molecule has 1 saturated carbocycles. The van der Waals surface area contributed by atoms with E-state index in [1.807, 2.05) is 0 Å². The molecule has 0 unspecified atom stereocenters. The molecule has 1 aliphatic heterocycles. The molecule has 1 saturated heterocycles. The summed E-state index contributed by atoms with van der Waals surface area (Å²) in [4.78, 5) is 14.6. The maximum Gasteiger partial charge on any atom is 0.223 e. The van der Waals surface area contributed by atoms with Gasteiger partial charge in [0.25, 0.3) is 0 Å². The van der Waals surface area contributed by atoms with Gasteiger partial charge in [-0.25, -0.2) is 0 Å². The highest BCUT2D eigenvalue weighted by Crippen LogP contribution is 2.50. The van der Waals surface area contributed by atoms with Crippen molar-refractivity contribution in [2.24, 2.45) is 11.3 Å². The van der Waals surface area contributed by atoms with Crippen molar-refractivity contribution >= 4 is 17.2 Å². The number of thiophene rings is 1. The summed E-state index contributed by atoms with van der Waals surface area (Å²) in [5, 5.41) is 7.24. The van der Waals surface area contributed by atoms with Gasteiger partial charge in [0, 0.05) is 26.1 Å². The quantitative estimate of drug-likeness (QED) is 0.921. The Morgan fingerprint density at radius 2 is 2.47 bits per heavy atom. The van der Waals surface area contributed by atoms with Crippen LogP contribution in [-0.4, -0.2) is 30.9 Å². The molecule has 1 amide bonds. The highest BCUT2D eigenvalue weighted by Gasteiger charge is 2.49. The number of rotatable bonds is 3. The van der Waals surface area contributed by atoms with E-state index in [-0.39, 0.29) is 17.2 Å². The number of hydrogen-bond acceptors (Lipinski definition) is 3. The van der Waals surface area contributed by atoms with Crippen LogP contribution < -0.4 is 5.32 Å². The molecular formula is C15H22N2OS. The van der Waals surface area contributed by atoms with E-state index in [9.17, 15) is 4.79 Å². The molecule has 2 aliphatic rings. The largest absolute Gasteiger partial charge is 0.359 e. The number of nitrogens with one attached hydrogen (secondary N) is 1. The Kier molecular flexibility index (Phi) is 3.63. The van der Waals surface area contributed by atoms with Crippen LogP contribution in [0.2, 0.25) is 0 Å². The summed E-state index contributed by atoms with van der Waals surface area (Å²) in [5.74, 6) is 0.500. The summed E-state index contributed by atoms with van der Waals surface area (Å²) in [7, 11) is 1.77. The first-order valence-corrected chi connectivity index (χ1v) is 8.13. The first-order valence-electron chi connectivity index (χ1n) is 7.18. The number of nitrogens with zero attached hydrogens (tertiary/aromatic N) is 1. The maximum atomic E-state index is 12.1. The lowest BCUT2D eigenvalue weighted by atomic mass is 9.76. The van der Waals surface area contributed by atoms with Crippen LogP contribution in [-0.2, 0) is 11.3 Å². The molecule has 0 radical (unpaired) electrons. The molecular weight excluding hydrogens is 256 g/mol. The van der Waals surface area contributed by atoms with Gasteiger partial charge in [0.05, 0.1) is 0 Å². The van der Waals surface area contributed by atoms with Crippen LogP contribution in [0.15, 0.2) is 16.8 Å². The number of hydrogen-bond donors (Lipinski definition) is 1. The first kappa shape index (κ1) is 13.1. The predicted molar refractivity (Wildman–Crippen MR) is 78.1 cm³/mol. The number of carbonyl (C=O) groups excluding carboxylic acids is 1. The minimum Gasteiger partial charge on any atom is -0.359 e. The third kappa shape index (κ3) is 2.43. The molecule has 2 heterocycles. The van der Waals surface area contributed by atoms with Gasteiger partial charge in [-0.05, 0) is 53.6 Å². The van der Waals surface area contributed by atoms with E-state index in [2.05, 4.69) is 27.0 Å². The summed E-state index contributed by atoms with van der Waals surface area (Å²) in [6.07, 6.45) is 4.71. The number of carbonyl (C=O) groups is 1. The fraction of sp³-hybridized carbons (Fsp3) is 0.667. The monoisotopic (exact) mass is 278 g/mol. The molecule has 0 bridgehead atoms. The average molecular weight is 278 g/mol. The SMILES string of the molecule is CNC(=O)[C@@H]1CCC[C@@]12CCN(Cc1ccsc1)C2. The second kappa shape index (κ2) is 5.25. The lowest BCUT2D eigenvalue weighted by Gasteiger charge is -2.30. The second-order valence-electron chi connectivity index (χ2n) is 6.01. The van der Waals surface area contributed by atoms with Crippen LogP contribution in [0.1, 0.15) is 31.2 Å². The Morgan fingerprint density at radius 3 is 3.21 bits per heavy atom. The van der Waals surface area contributed by atoms with Crippen molar-refractivity contribution < 1.29 is 4.79 Å². The average Bonchev–Trinajstić information content (AvgIpc) is 3.13. The third-order valence-corrected chi connectivity index (χ3v) is 5.65. The Labute approximate surface area is 119 Å². The molecule has 1 aliphatic carbocycles. The van der Waals surface area contributed by atoms with Gasteiger partial charge in [-0.3, -0.25) is 9.69 Å². The van der Waals surface area contributed by atoms with Gasteiger partial charge in [-0.2, -0.15) is 11.3 Å². The molecule has 19 heavy (non-hydrogen) atoms. The van der Waals surface area contributed by atoms with Crippen LogP contribution in [0, 0.1) is 11.3 Å². The lowest BCUT2D eigenvalue weighted by molar-refractivity contribution is -0.127. The smallest absolute Gasteiger partial charge is 0.223 e. The van der Waals surface area contributed by atoms with Gasteiger partial charge in [0.1, 0.15) is 0 Å². The fourth-order valence-electron chi connectivity index (χ4n) is 3.97. The van der Waals surface area contributed by atoms with E-state index in [1.165, 1.54) is 24.8 Å². The Hall–Kier alpha value is -0.870. The molecule has 104 valence electrons. The van der Waals surface area contributed by atoms with Crippen LogP contribution in [0.4, 0.5) is 0 Å². The fourth-order valence-corrected chi connectivity index (χ4v) is 4.63. The normalized spacial score (nSPS) is 31.1. The second-order valence-corrected chi connectivity index (χ2v) is 6.79. The summed E-state index contributed by atoms with van der Waals surface area (Å²) < 4.78 is 0. The van der Waals surface area contributed by atoms with Crippen molar-refractivity contribution in [2.75, 3.05) is 20.1 Å². The van der Waals surface area contributed by atoms with Gasteiger partial charge in [0.15, 0.2) is 0 Å². The van der Waals surface area contributed by atoms with Crippen LogP contribution >= 0.6 is 11.3 Å². The Morgan fingerprint density at radius 1 is 1.58 bits per heavy atom. The molecule has 1 aromatic heterocycles.